The maximum absolute atomic E-state index is 5.10. The second-order valence-electron chi connectivity index (χ2n) is 35.9. The summed E-state index contributed by atoms with van der Waals surface area (Å²) in [5, 5.41) is 36.3. The van der Waals surface area contributed by atoms with Crippen molar-refractivity contribution >= 4 is 0 Å². The van der Waals surface area contributed by atoms with Crippen LogP contribution in [0.2, 0.25) is 0 Å². The van der Waals surface area contributed by atoms with Crippen LogP contribution in [0.5, 0.6) is 0 Å². The highest BCUT2D eigenvalue weighted by molar-refractivity contribution is 5.27. The van der Waals surface area contributed by atoms with Crippen molar-refractivity contribution in [2.45, 2.75) is 325 Å². The quantitative estimate of drug-likeness (QED) is 0.136. The van der Waals surface area contributed by atoms with Gasteiger partial charge in [-0.25, -0.2) is 39.9 Å². The lowest BCUT2D eigenvalue weighted by Crippen LogP contribution is -1.92. The molecule has 139 heavy (non-hydrogen) atoms. The van der Waals surface area contributed by atoms with Crippen LogP contribution in [0, 0.1) is 325 Å². The molecule has 770 valence electrons. The number of aromatic nitrogens is 29. The van der Waals surface area contributed by atoms with Gasteiger partial charge in [0.2, 0.25) is 0 Å². The molecular weight excluding hydrogens is 1740 g/mol. The van der Waals surface area contributed by atoms with E-state index in [1.807, 2.05) is 327 Å². The van der Waals surface area contributed by atoms with Crippen LogP contribution in [0.3, 0.4) is 0 Å². The summed E-state index contributed by atoms with van der Waals surface area (Å²) in [5.41, 5.74) is 39.1. The Morgan fingerprint density at radius 2 is 0.317 bits per heavy atom. The zero-order chi connectivity index (χ0) is 108. The molecule has 0 N–H and O–H groups in total. The third-order valence-corrected chi connectivity index (χ3v) is 26.8. The van der Waals surface area contributed by atoms with Gasteiger partial charge >= 0.3 is 0 Å². The van der Waals surface area contributed by atoms with Crippen molar-refractivity contribution in [1.29, 1.82) is 0 Å². The lowest BCUT2D eigenvalue weighted by molar-refractivity contribution is 0.392. The summed E-state index contributed by atoms with van der Waals surface area (Å²) in [7, 11) is 24.0. The first-order chi connectivity index (χ1) is 63.9. The largest absolute Gasteiger partial charge is 0.446 e. The highest BCUT2D eigenvalue weighted by Crippen LogP contribution is 2.18. The molecule has 16 aromatic rings. The Morgan fingerprint density at radius 1 is 0.151 bits per heavy atom. The third kappa shape index (κ3) is 37.2. The summed E-state index contributed by atoms with van der Waals surface area (Å²) < 4.78 is 43.9. The number of aryl methyl sites for hydroxylation is 34. The normalized spacial score (nSPS) is 10.1. The van der Waals surface area contributed by atoms with Gasteiger partial charge in [0.05, 0.1) is 85.4 Å². The molecule has 0 unspecified atom stereocenters. The fourth-order valence-corrected chi connectivity index (χ4v) is 12.5. The summed E-state index contributed by atoms with van der Waals surface area (Å²) in [4.78, 5) is 33.7. The number of imidazole rings is 6. The predicted molar refractivity (Wildman–Crippen MR) is 565 cm³/mol. The van der Waals surface area contributed by atoms with Gasteiger partial charge in [0.25, 0.3) is 0 Å². The van der Waals surface area contributed by atoms with Gasteiger partial charge in [0.1, 0.15) is 69.6 Å². The minimum atomic E-state index is 0.750. The zero-order valence-corrected chi connectivity index (χ0v) is 97.1. The predicted octanol–water partition coefficient (Wildman–Crippen LogP) is 21.6. The van der Waals surface area contributed by atoms with Crippen molar-refractivity contribution in [3.8, 4) is 0 Å². The lowest BCUT2D eigenvalue weighted by Gasteiger charge is -1.94. The van der Waals surface area contributed by atoms with E-state index in [-0.39, 0.29) is 0 Å². The first-order valence-electron chi connectivity index (χ1n) is 47.0. The van der Waals surface area contributed by atoms with Crippen LogP contribution in [0.25, 0.3) is 0 Å². The monoisotopic (exact) mass is 1920 g/mol. The van der Waals surface area contributed by atoms with Crippen molar-refractivity contribution in [3.05, 3.63) is 268 Å². The summed E-state index contributed by atoms with van der Waals surface area (Å²) >= 11 is 0. The van der Waals surface area contributed by atoms with Crippen LogP contribution in [0.4, 0.5) is 0 Å². The molecule has 16 heterocycles. The fourth-order valence-electron chi connectivity index (χ4n) is 12.5. The molecule has 0 fully saturated rings. The van der Waals surface area contributed by atoms with Crippen molar-refractivity contribution < 1.29 is 17.9 Å². The number of oxazole rings is 2. The van der Waals surface area contributed by atoms with Gasteiger partial charge in [-0.15, -0.1) is 10.2 Å². The van der Waals surface area contributed by atoms with E-state index >= 15 is 0 Å². The van der Waals surface area contributed by atoms with E-state index in [1.165, 1.54) is 90.5 Å². The van der Waals surface area contributed by atoms with Crippen LogP contribution in [0.15, 0.2) is 17.9 Å². The van der Waals surface area contributed by atoms with Crippen molar-refractivity contribution in [3.63, 3.8) is 0 Å². The van der Waals surface area contributed by atoms with E-state index in [0.29, 0.717) is 0 Å². The Bertz CT molecular complexity index is 5060. The summed E-state index contributed by atoms with van der Waals surface area (Å²) in [6, 6.07) is 0. The van der Waals surface area contributed by atoms with E-state index in [9.17, 15) is 0 Å². The Labute approximate surface area is 833 Å². The van der Waals surface area contributed by atoms with Crippen LogP contribution in [0.1, 0.15) is 268 Å². The van der Waals surface area contributed by atoms with Crippen LogP contribution in [-0.2, 0) is 84.6 Å². The third-order valence-electron chi connectivity index (χ3n) is 26.8. The Balaban J connectivity index is 0.000000741. The molecule has 0 saturated heterocycles. The molecule has 0 aromatic carbocycles. The maximum Gasteiger partial charge on any atom is 0.191 e. The molecule has 0 aliphatic heterocycles. The summed E-state index contributed by atoms with van der Waals surface area (Å²) in [6.07, 6.45) is 0. The molecule has 0 bridgehead atoms. The fraction of sp³-hybridized carbons (Fsp3) is 0.557. The molecule has 33 nitrogen and oxygen atoms in total. The van der Waals surface area contributed by atoms with Crippen LogP contribution >= 0.6 is 0 Å². The number of hydrogen-bond acceptors (Lipinski definition) is 21. The number of hydrogen-bond donors (Lipinski definition) is 0. The van der Waals surface area contributed by atoms with Gasteiger partial charge in [-0.1, -0.05) is 10.3 Å². The molecule has 0 spiro atoms. The zero-order valence-electron chi connectivity index (χ0n) is 97.1. The summed E-state index contributed by atoms with van der Waals surface area (Å²) in [6.45, 7) is 94.7. The van der Waals surface area contributed by atoms with E-state index in [0.717, 1.165) is 178 Å². The molecular formula is C106H177N29O4. The molecule has 16 aromatic heterocycles. The van der Waals surface area contributed by atoms with Crippen molar-refractivity contribution in [2.75, 3.05) is 0 Å². The minimum absolute atomic E-state index is 0.750. The Morgan fingerprint density at radius 3 is 0.353 bits per heavy atom. The second kappa shape index (κ2) is 56.4. The van der Waals surface area contributed by atoms with E-state index in [4.69, 9.17) is 17.9 Å². The molecule has 0 aliphatic carbocycles. The van der Waals surface area contributed by atoms with Crippen LogP contribution < -0.4 is 0 Å². The van der Waals surface area contributed by atoms with E-state index < -0.39 is 0 Å². The SMILES string of the molecule is Cc1nc(C)c(C)o1.Cc1nc(C)c(C)o1.Cc1nc(C)n(C)c1C.Cc1nc(C)n(C)c1C.Cc1nc(C)n(C)c1C.Cc1nc(C)n(C)c1C.Cc1nc(C)n(C)c1C.Cc1nc(C)n(C)c1C.Cc1nn(C)c(C)c1C.Cc1nn(C)c(C)c1C.Cc1nn(C)c(C)c1C.Cc1nn(C)c(C)c1C.Cc1nn(C)c(C)c1C.Cc1nnc(C)n1C.Cc1noc(C)c1C.Cc1noc(C)c1C. The van der Waals surface area contributed by atoms with Crippen molar-refractivity contribution in [2.24, 2.45) is 84.6 Å². The average Bonchev–Trinajstić information content (AvgIpc) is 1.74. The van der Waals surface area contributed by atoms with Gasteiger partial charge in [-0.2, -0.15) is 25.5 Å². The molecule has 0 atom stereocenters. The van der Waals surface area contributed by atoms with Gasteiger partial charge < -0.3 is 49.9 Å². The Hall–Kier alpha value is -12.7. The molecule has 0 aliphatic rings. The summed E-state index contributed by atoms with van der Waals surface area (Å²) in [5.74, 6) is 13.6. The Kier molecular flexibility index (Phi) is 50.4. The molecule has 0 radical (unpaired) electrons. The number of rotatable bonds is 0. The highest BCUT2D eigenvalue weighted by atomic mass is 16.5. The standard InChI is InChI=1S/11C7H12N2.4C6H9NO.C5H9N3/c6*1-5-6(2)9(4)7(3)8-5;5*1-5-6(2)8-9(4)7(5)3;2*1-4-5(2)8-6(3)7-4;2*1-4-5(2)7-8-6(4)3;1-4-6-7-5(2)8(4)3/h11*1-4H3;5*1-3H3. The van der Waals surface area contributed by atoms with Gasteiger partial charge in [0, 0.05) is 172 Å². The first-order valence-corrected chi connectivity index (χ1v) is 47.0. The van der Waals surface area contributed by atoms with Gasteiger partial charge in [0.15, 0.2) is 11.8 Å². The second-order valence-corrected chi connectivity index (χ2v) is 35.9. The average molecular weight is 1920 g/mol. The minimum Gasteiger partial charge on any atom is -0.446 e. The van der Waals surface area contributed by atoms with Crippen LogP contribution in [-0.4, -0.2) is 141 Å². The van der Waals surface area contributed by atoms with Crippen molar-refractivity contribution in [1.82, 2.24) is 141 Å². The van der Waals surface area contributed by atoms with Gasteiger partial charge in [-0.3, -0.25) is 23.4 Å². The van der Waals surface area contributed by atoms with E-state index in [1.54, 1.807) is 0 Å². The maximum atomic E-state index is 5.10. The first kappa shape index (κ1) is 124. The topological polar surface area (TPSA) is 331 Å². The lowest BCUT2D eigenvalue weighted by atomic mass is 10.2. The molecule has 16 rings (SSSR count). The van der Waals surface area contributed by atoms with Gasteiger partial charge in [-0.05, 0) is 339 Å². The number of nitrogens with zero attached hydrogens (tertiary/aromatic N) is 29. The smallest absolute Gasteiger partial charge is 0.191 e. The molecule has 0 amide bonds. The molecule has 0 saturated carbocycles. The van der Waals surface area contributed by atoms with E-state index in [2.05, 4.69) is 224 Å². The molecule has 33 heteroatoms. The highest BCUT2D eigenvalue weighted by Gasteiger charge is 2.12.